The normalized spacial score (nSPS) is 18.6. The second-order valence-corrected chi connectivity index (χ2v) is 4.96. The first-order valence-corrected chi connectivity index (χ1v) is 6.66. The highest BCUT2D eigenvalue weighted by atomic mass is 16.5. The molecule has 0 saturated carbocycles. The standard InChI is InChI=1S/C13H24N2O4/c1-14(2)8-9-15(7-6-12(16)18-3)13(17)11-5-4-10-19-11/h11H,4-10H2,1-3H3. The second-order valence-electron chi connectivity index (χ2n) is 4.96. The molecule has 1 unspecified atom stereocenters. The highest BCUT2D eigenvalue weighted by molar-refractivity contribution is 5.81. The molecular weight excluding hydrogens is 248 g/mol. The van der Waals surface area contributed by atoms with E-state index in [9.17, 15) is 9.59 Å². The minimum Gasteiger partial charge on any atom is -0.469 e. The predicted molar refractivity (Wildman–Crippen MR) is 70.7 cm³/mol. The van der Waals surface area contributed by atoms with E-state index in [0.717, 1.165) is 19.4 Å². The lowest BCUT2D eigenvalue weighted by atomic mass is 10.2. The fourth-order valence-electron chi connectivity index (χ4n) is 1.96. The van der Waals surface area contributed by atoms with Gasteiger partial charge in [0.15, 0.2) is 0 Å². The van der Waals surface area contributed by atoms with E-state index in [1.54, 1.807) is 4.90 Å². The third-order valence-electron chi connectivity index (χ3n) is 3.15. The zero-order chi connectivity index (χ0) is 14.3. The Balaban J connectivity index is 2.51. The van der Waals surface area contributed by atoms with Gasteiger partial charge in [0, 0.05) is 26.2 Å². The molecule has 1 amide bonds. The number of esters is 1. The Hall–Kier alpha value is -1.14. The number of likely N-dealkylation sites (N-methyl/N-ethyl adjacent to an activating group) is 1. The minimum atomic E-state index is -0.334. The van der Waals surface area contributed by atoms with E-state index in [0.29, 0.717) is 19.7 Å². The highest BCUT2D eigenvalue weighted by Crippen LogP contribution is 2.15. The van der Waals surface area contributed by atoms with E-state index in [-0.39, 0.29) is 24.4 Å². The lowest BCUT2D eigenvalue weighted by Gasteiger charge is -2.26. The fourth-order valence-corrected chi connectivity index (χ4v) is 1.96. The Kier molecular flexibility index (Phi) is 6.80. The van der Waals surface area contributed by atoms with Gasteiger partial charge in [0.1, 0.15) is 6.10 Å². The Labute approximate surface area is 114 Å². The van der Waals surface area contributed by atoms with Crippen molar-refractivity contribution in [3.05, 3.63) is 0 Å². The van der Waals surface area contributed by atoms with Gasteiger partial charge in [-0.25, -0.2) is 0 Å². The number of amides is 1. The molecule has 0 aliphatic carbocycles. The van der Waals surface area contributed by atoms with Gasteiger partial charge in [-0.2, -0.15) is 0 Å². The molecule has 0 spiro atoms. The van der Waals surface area contributed by atoms with Gasteiger partial charge in [0.2, 0.25) is 0 Å². The number of carbonyl (C=O) groups excluding carboxylic acids is 2. The molecule has 1 saturated heterocycles. The summed E-state index contributed by atoms with van der Waals surface area (Å²) in [6.07, 6.45) is 1.59. The number of hydrogen-bond acceptors (Lipinski definition) is 5. The number of ether oxygens (including phenoxy) is 2. The average molecular weight is 272 g/mol. The zero-order valence-corrected chi connectivity index (χ0v) is 12.1. The summed E-state index contributed by atoms with van der Waals surface area (Å²) in [5.74, 6) is -0.307. The molecule has 6 nitrogen and oxygen atoms in total. The van der Waals surface area contributed by atoms with Gasteiger partial charge < -0.3 is 19.3 Å². The van der Waals surface area contributed by atoms with Crippen molar-refractivity contribution in [2.45, 2.75) is 25.4 Å². The maximum absolute atomic E-state index is 12.3. The molecule has 1 atom stereocenters. The van der Waals surface area contributed by atoms with Crippen LogP contribution in [0.1, 0.15) is 19.3 Å². The largest absolute Gasteiger partial charge is 0.469 e. The van der Waals surface area contributed by atoms with Crippen molar-refractivity contribution in [3.63, 3.8) is 0 Å². The van der Waals surface area contributed by atoms with Crippen LogP contribution < -0.4 is 0 Å². The number of hydrogen-bond donors (Lipinski definition) is 0. The number of rotatable bonds is 7. The average Bonchev–Trinajstić information content (AvgIpc) is 2.91. The zero-order valence-electron chi connectivity index (χ0n) is 12.1. The summed E-state index contributed by atoms with van der Waals surface area (Å²) < 4.78 is 10.0. The van der Waals surface area contributed by atoms with E-state index in [1.165, 1.54) is 7.11 Å². The van der Waals surface area contributed by atoms with Crippen LogP contribution in [0.3, 0.4) is 0 Å². The molecule has 6 heteroatoms. The van der Waals surface area contributed by atoms with Crippen LogP contribution >= 0.6 is 0 Å². The third-order valence-corrected chi connectivity index (χ3v) is 3.15. The van der Waals surface area contributed by atoms with E-state index >= 15 is 0 Å². The number of carbonyl (C=O) groups is 2. The van der Waals surface area contributed by atoms with E-state index in [4.69, 9.17) is 4.74 Å². The molecule has 19 heavy (non-hydrogen) atoms. The van der Waals surface area contributed by atoms with Gasteiger partial charge in [0.25, 0.3) is 5.91 Å². The molecule has 1 fully saturated rings. The van der Waals surface area contributed by atoms with Crippen molar-refractivity contribution in [1.82, 2.24) is 9.80 Å². The van der Waals surface area contributed by atoms with Gasteiger partial charge in [-0.3, -0.25) is 9.59 Å². The van der Waals surface area contributed by atoms with Crippen molar-refractivity contribution in [2.75, 3.05) is 47.4 Å². The fraction of sp³-hybridized carbons (Fsp3) is 0.846. The lowest BCUT2D eigenvalue weighted by molar-refractivity contribution is -0.144. The molecule has 0 aromatic heterocycles. The van der Waals surface area contributed by atoms with Gasteiger partial charge in [-0.1, -0.05) is 0 Å². The van der Waals surface area contributed by atoms with Crippen LogP contribution in [0.4, 0.5) is 0 Å². The Morgan fingerprint density at radius 2 is 2.00 bits per heavy atom. The summed E-state index contributed by atoms with van der Waals surface area (Å²) >= 11 is 0. The van der Waals surface area contributed by atoms with Crippen LogP contribution in [0.25, 0.3) is 0 Å². The molecule has 1 aliphatic rings. The summed E-state index contributed by atoms with van der Waals surface area (Å²) in [7, 11) is 5.26. The molecule has 0 bridgehead atoms. The lowest BCUT2D eigenvalue weighted by Crippen LogP contribution is -2.43. The summed E-state index contributed by atoms with van der Waals surface area (Å²) in [5, 5.41) is 0. The Morgan fingerprint density at radius 3 is 2.53 bits per heavy atom. The second kappa shape index (κ2) is 8.12. The van der Waals surface area contributed by atoms with Gasteiger partial charge >= 0.3 is 5.97 Å². The molecule has 110 valence electrons. The summed E-state index contributed by atoms with van der Waals surface area (Å²) in [4.78, 5) is 27.2. The maximum Gasteiger partial charge on any atom is 0.307 e. The topological polar surface area (TPSA) is 59.1 Å². The van der Waals surface area contributed by atoms with Crippen molar-refractivity contribution in [2.24, 2.45) is 0 Å². The van der Waals surface area contributed by atoms with Gasteiger partial charge in [0.05, 0.1) is 13.5 Å². The monoisotopic (exact) mass is 272 g/mol. The highest BCUT2D eigenvalue weighted by Gasteiger charge is 2.28. The quantitative estimate of drug-likeness (QED) is 0.616. The predicted octanol–water partition coefficient (Wildman–Crippen LogP) is 0.119. The Bertz CT molecular complexity index is 301. The van der Waals surface area contributed by atoms with E-state index in [1.807, 2.05) is 19.0 Å². The van der Waals surface area contributed by atoms with Crippen molar-refractivity contribution in [1.29, 1.82) is 0 Å². The van der Waals surface area contributed by atoms with Crippen LogP contribution in [-0.4, -0.2) is 75.2 Å². The first kappa shape index (κ1) is 15.9. The van der Waals surface area contributed by atoms with Crippen LogP contribution in [0.15, 0.2) is 0 Å². The van der Waals surface area contributed by atoms with Crippen molar-refractivity contribution in [3.8, 4) is 0 Å². The first-order chi connectivity index (χ1) is 9.04. The maximum atomic E-state index is 12.3. The molecule has 1 rings (SSSR count). The number of nitrogens with zero attached hydrogens (tertiary/aromatic N) is 2. The summed E-state index contributed by atoms with van der Waals surface area (Å²) in [5.41, 5.74) is 0. The smallest absolute Gasteiger partial charge is 0.307 e. The molecular formula is C13H24N2O4. The van der Waals surface area contributed by atoms with Crippen LogP contribution in [0, 0.1) is 0 Å². The van der Waals surface area contributed by atoms with E-state index in [2.05, 4.69) is 4.74 Å². The SMILES string of the molecule is COC(=O)CCN(CCN(C)C)C(=O)C1CCCO1. The third kappa shape index (κ3) is 5.57. The van der Waals surface area contributed by atoms with Crippen molar-refractivity contribution < 1.29 is 19.1 Å². The molecule has 0 N–H and O–H groups in total. The minimum absolute atomic E-state index is 0.0109. The van der Waals surface area contributed by atoms with Gasteiger partial charge in [-0.15, -0.1) is 0 Å². The van der Waals surface area contributed by atoms with Crippen LogP contribution in [0.2, 0.25) is 0 Å². The first-order valence-electron chi connectivity index (χ1n) is 6.66. The summed E-state index contributed by atoms with van der Waals surface area (Å²) in [6, 6.07) is 0. The molecule has 1 heterocycles. The van der Waals surface area contributed by atoms with Crippen LogP contribution in [-0.2, 0) is 19.1 Å². The van der Waals surface area contributed by atoms with Crippen LogP contribution in [0.5, 0.6) is 0 Å². The van der Waals surface area contributed by atoms with Gasteiger partial charge in [-0.05, 0) is 26.9 Å². The molecule has 0 aromatic rings. The number of methoxy groups -OCH3 is 1. The van der Waals surface area contributed by atoms with Crippen molar-refractivity contribution >= 4 is 11.9 Å². The Morgan fingerprint density at radius 1 is 1.26 bits per heavy atom. The molecule has 1 aliphatic heterocycles. The molecule has 0 radical (unpaired) electrons. The molecule has 0 aromatic carbocycles. The van der Waals surface area contributed by atoms with E-state index < -0.39 is 0 Å². The summed E-state index contributed by atoms with van der Waals surface area (Å²) in [6.45, 7) is 2.40.